The van der Waals surface area contributed by atoms with E-state index in [1.165, 1.54) is 6.42 Å². The number of nitrogens with zero attached hydrogens (tertiary/aromatic N) is 1. The van der Waals surface area contributed by atoms with Crippen molar-refractivity contribution in [3.63, 3.8) is 0 Å². The molecular weight excluding hydrogens is 336 g/mol. The smallest absolute Gasteiger partial charge is 0.233 e. The van der Waals surface area contributed by atoms with Crippen LogP contribution in [0.15, 0.2) is 24.3 Å². The predicted molar refractivity (Wildman–Crippen MR) is 103 cm³/mol. The van der Waals surface area contributed by atoms with E-state index in [2.05, 4.69) is 24.0 Å². The molecule has 1 aromatic carbocycles. The summed E-state index contributed by atoms with van der Waals surface area (Å²) < 4.78 is 5.29. The van der Waals surface area contributed by atoms with Crippen molar-refractivity contribution in [1.29, 1.82) is 0 Å². The van der Waals surface area contributed by atoms with E-state index in [-0.39, 0.29) is 17.8 Å². The van der Waals surface area contributed by atoms with Gasteiger partial charge in [0, 0.05) is 12.6 Å². The molecule has 4 nitrogen and oxygen atoms in total. The van der Waals surface area contributed by atoms with E-state index in [0.717, 1.165) is 50.0 Å². The summed E-state index contributed by atoms with van der Waals surface area (Å²) in [6.07, 6.45) is 6.41. The largest absolute Gasteiger partial charge is 0.497 e. The molecule has 1 amide bonds. The van der Waals surface area contributed by atoms with Crippen LogP contribution in [0.25, 0.3) is 0 Å². The lowest BCUT2D eigenvalue weighted by atomic mass is 9.68. The zero-order valence-electron chi connectivity index (χ0n) is 15.4. The number of methoxy groups -OCH3 is 1. The van der Waals surface area contributed by atoms with Crippen molar-refractivity contribution >= 4 is 18.3 Å². The van der Waals surface area contributed by atoms with E-state index in [4.69, 9.17) is 10.5 Å². The van der Waals surface area contributed by atoms with Gasteiger partial charge in [0.2, 0.25) is 5.91 Å². The first-order chi connectivity index (χ1) is 11.6. The Morgan fingerprint density at radius 3 is 2.40 bits per heavy atom. The van der Waals surface area contributed by atoms with Gasteiger partial charge in [0.1, 0.15) is 5.75 Å². The van der Waals surface area contributed by atoms with Crippen molar-refractivity contribution in [2.75, 3.05) is 20.2 Å². The normalized spacial score (nSPS) is 25.3. The summed E-state index contributed by atoms with van der Waals surface area (Å²) in [6.45, 7) is 3.65. The highest BCUT2D eigenvalue weighted by Gasteiger charge is 2.46. The van der Waals surface area contributed by atoms with Crippen LogP contribution in [-0.2, 0) is 10.2 Å². The molecule has 0 spiro atoms. The highest BCUT2D eigenvalue weighted by atomic mass is 35.5. The van der Waals surface area contributed by atoms with Crippen LogP contribution in [-0.4, -0.2) is 37.0 Å². The number of rotatable bonds is 4. The molecule has 5 heteroatoms. The van der Waals surface area contributed by atoms with Crippen LogP contribution in [0.2, 0.25) is 0 Å². The van der Waals surface area contributed by atoms with E-state index in [0.29, 0.717) is 24.4 Å². The summed E-state index contributed by atoms with van der Waals surface area (Å²) >= 11 is 0. The molecule has 2 atom stereocenters. The number of benzene rings is 1. The molecule has 1 aliphatic carbocycles. The lowest BCUT2D eigenvalue weighted by molar-refractivity contribution is -0.139. The van der Waals surface area contributed by atoms with Gasteiger partial charge in [-0.1, -0.05) is 31.4 Å². The van der Waals surface area contributed by atoms with Gasteiger partial charge >= 0.3 is 0 Å². The first-order valence-corrected chi connectivity index (χ1v) is 9.26. The third-order valence-corrected chi connectivity index (χ3v) is 6.01. The monoisotopic (exact) mass is 366 g/mol. The van der Waals surface area contributed by atoms with Crippen LogP contribution in [0.3, 0.4) is 0 Å². The molecule has 3 rings (SSSR count). The SMILES string of the molecule is COc1ccc(C2(C(=O)N3CC(CN)CC3C)CCCCC2)cc1.Cl. The Bertz CT molecular complexity index is 570. The Morgan fingerprint density at radius 2 is 1.88 bits per heavy atom. The predicted octanol–water partition coefficient (Wildman–Crippen LogP) is 3.51. The highest BCUT2D eigenvalue weighted by molar-refractivity contribution is 5.89. The highest BCUT2D eigenvalue weighted by Crippen LogP contribution is 2.43. The molecule has 1 saturated heterocycles. The van der Waals surface area contributed by atoms with E-state index in [1.54, 1.807) is 7.11 Å². The van der Waals surface area contributed by atoms with Gasteiger partial charge < -0.3 is 15.4 Å². The number of amides is 1. The number of halogens is 1. The Morgan fingerprint density at radius 1 is 1.24 bits per heavy atom. The molecule has 1 aromatic rings. The molecule has 2 fully saturated rings. The molecule has 2 unspecified atom stereocenters. The number of ether oxygens (including phenoxy) is 1. The van der Waals surface area contributed by atoms with E-state index in [1.807, 2.05) is 12.1 Å². The van der Waals surface area contributed by atoms with Gasteiger partial charge in [-0.2, -0.15) is 0 Å². The summed E-state index contributed by atoms with van der Waals surface area (Å²) in [4.78, 5) is 15.7. The standard InChI is InChI=1S/C20H30N2O2.ClH/c1-15-12-16(13-21)14-22(15)19(23)20(10-4-3-5-11-20)17-6-8-18(24-2)9-7-17;/h6-9,15-16H,3-5,10-14,21H2,1-2H3;1H. The van der Waals surface area contributed by atoms with Crippen molar-refractivity contribution in [3.05, 3.63) is 29.8 Å². The summed E-state index contributed by atoms with van der Waals surface area (Å²) in [5.41, 5.74) is 6.65. The summed E-state index contributed by atoms with van der Waals surface area (Å²) in [6, 6.07) is 8.43. The third-order valence-electron chi connectivity index (χ3n) is 6.01. The van der Waals surface area contributed by atoms with E-state index >= 15 is 0 Å². The fourth-order valence-corrected chi connectivity index (χ4v) is 4.56. The Balaban J connectivity index is 0.00000225. The molecular formula is C20H31ClN2O2. The minimum atomic E-state index is -0.359. The van der Waals surface area contributed by atoms with E-state index in [9.17, 15) is 4.79 Å². The van der Waals surface area contributed by atoms with Gasteiger partial charge in [-0.25, -0.2) is 0 Å². The minimum absolute atomic E-state index is 0. The van der Waals surface area contributed by atoms with Gasteiger partial charge in [0.15, 0.2) is 0 Å². The minimum Gasteiger partial charge on any atom is -0.497 e. The zero-order chi connectivity index (χ0) is 17.2. The molecule has 0 radical (unpaired) electrons. The molecule has 1 aliphatic heterocycles. The van der Waals surface area contributed by atoms with Crippen molar-refractivity contribution in [2.45, 2.75) is 56.9 Å². The fraction of sp³-hybridized carbons (Fsp3) is 0.650. The number of hydrogen-bond acceptors (Lipinski definition) is 3. The number of hydrogen-bond donors (Lipinski definition) is 1. The quantitative estimate of drug-likeness (QED) is 0.887. The van der Waals surface area contributed by atoms with Crippen LogP contribution in [0.5, 0.6) is 5.75 Å². The summed E-state index contributed by atoms with van der Waals surface area (Å²) in [5.74, 6) is 1.60. The maximum Gasteiger partial charge on any atom is 0.233 e. The van der Waals surface area contributed by atoms with Crippen LogP contribution in [0.1, 0.15) is 51.0 Å². The molecule has 0 bridgehead atoms. The van der Waals surface area contributed by atoms with Crippen LogP contribution in [0, 0.1) is 5.92 Å². The summed E-state index contributed by atoms with van der Waals surface area (Å²) in [7, 11) is 1.68. The maximum atomic E-state index is 13.6. The van der Waals surface area contributed by atoms with Gasteiger partial charge in [-0.3, -0.25) is 4.79 Å². The molecule has 2 N–H and O–H groups in total. The van der Waals surface area contributed by atoms with Crippen LogP contribution in [0.4, 0.5) is 0 Å². The molecule has 0 aromatic heterocycles. The average Bonchev–Trinajstić information content (AvgIpc) is 3.02. The zero-order valence-corrected chi connectivity index (χ0v) is 16.2. The van der Waals surface area contributed by atoms with Crippen molar-refractivity contribution in [2.24, 2.45) is 11.7 Å². The van der Waals surface area contributed by atoms with Crippen LogP contribution >= 0.6 is 12.4 Å². The number of carbonyl (C=O) groups is 1. The molecule has 140 valence electrons. The topological polar surface area (TPSA) is 55.6 Å². The Kier molecular flexibility index (Phi) is 6.75. The Labute approximate surface area is 157 Å². The van der Waals surface area contributed by atoms with E-state index < -0.39 is 0 Å². The molecule has 1 saturated carbocycles. The first-order valence-electron chi connectivity index (χ1n) is 9.26. The Hall–Kier alpha value is -1.26. The van der Waals surface area contributed by atoms with Gasteiger partial charge in [0.25, 0.3) is 0 Å². The second kappa shape index (κ2) is 8.41. The molecule has 1 heterocycles. The lowest BCUT2D eigenvalue weighted by Crippen LogP contribution is -2.49. The van der Waals surface area contributed by atoms with Gasteiger partial charge in [-0.05, 0) is 56.3 Å². The number of carbonyl (C=O) groups excluding carboxylic acids is 1. The maximum absolute atomic E-state index is 13.6. The van der Waals surface area contributed by atoms with Gasteiger partial charge in [0.05, 0.1) is 12.5 Å². The van der Waals surface area contributed by atoms with Crippen molar-refractivity contribution in [3.8, 4) is 5.75 Å². The number of nitrogens with two attached hydrogens (primary N) is 1. The average molecular weight is 367 g/mol. The second-order valence-electron chi connectivity index (χ2n) is 7.52. The lowest BCUT2D eigenvalue weighted by Gasteiger charge is -2.40. The number of likely N-dealkylation sites (tertiary alicyclic amines) is 1. The molecule has 25 heavy (non-hydrogen) atoms. The van der Waals surface area contributed by atoms with Crippen molar-refractivity contribution < 1.29 is 9.53 Å². The van der Waals surface area contributed by atoms with Crippen LogP contribution < -0.4 is 10.5 Å². The summed E-state index contributed by atoms with van der Waals surface area (Å²) in [5, 5.41) is 0. The fourth-order valence-electron chi connectivity index (χ4n) is 4.56. The first kappa shape index (κ1) is 20.1. The second-order valence-corrected chi connectivity index (χ2v) is 7.52. The third kappa shape index (κ3) is 3.80. The molecule has 2 aliphatic rings. The van der Waals surface area contributed by atoms with Crippen molar-refractivity contribution in [1.82, 2.24) is 4.90 Å². The van der Waals surface area contributed by atoms with Gasteiger partial charge in [-0.15, -0.1) is 12.4 Å².